The summed E-state index contributed by atoms with van der Waals surface area (Å²) in [6, 6.07) is 5.82. The van der Waals surface area contributed by atoms with Crippen molar-refractivity contribution in [2.45, 2.75) is 33.2 Å². The maximum absolute atomic E-state index is 12.4. The van der Waals surface area contributed by atoms with E-state index in [0.29, 0.717) is 11.7 Å². The highest BCUT2D eigenvalue weighted by Crippen LogP contribution is 2.32. The third kappa shape index (κ3) is 3.31. The lowest BCUT2D eigenvalue weighted by atomic mass is 10.1. The molecule has 2 amide bonds. The van der Waals surface area contributed by atoms with E-state index in [1.54, 1.807) is 11.1 Å². The molecule has 7 heteroatoms. The van der Waals surface area contributed by atoms with Crippen LogP contribution in [0.25, 0.3) is 10.6 Å². The van der Waals surface area contributed by atoms with E-state index in [2.05, 4.69) is 15.3 Å². The van der Waals surface area contributed by atoms with Crippen molar-refractivity contribution in [1.82, 2.24) is 14.9 Å². The molecule has 1 fully saturated rings. The van der Waals surface area contributed by atoms with Gasteiger partial charge in [-0.05, 0) is 32.9 Å². The Balaban J connectivity index is 1.71. The van der Waals surface area contributed by atoms with E-state index < -0.39 is 0 Å². The van der Waals surface area contributed by atoms with E-state index in [9.17, 15) is 9.59 Å². The Bertz CT molecular complexity index is 757. The first-order valence-corrected chi connectivity index (χ1v) is 8.76. The number of hydrogen-bond acceptors (Lipinski definition) is 5. The molecule has 0 aliphatic carbocycles. The quantitative estimate of drug-likeness (QED) is 0.925. The molecule has 3 heterocycles. The number of aryl methyl sites for hydroxylation is 1. The number of carbonyl (C=O) groups is 2. The molecule has 1 aliphatic rings. The predicted molar refractivity (Wildman–Crippen MR) is 93.7 cm³/mol. The van der Waals surface area contributed by atoms with Crippen LogP contribution < -0.4 is 5.32 Å². The number of hydrogen-bond donors (Lipinski definition) is 1. The first-order valence-electron chi connectivity index (χ1n) is 7.95. The van der Waals surface area contributed by atoms with Crippen LogP contribution in [0.5, 0.6) is 0 Å². The number of pyridine rings is 1. The van der Waals surface area contributed by atoms with Crippen LogP contribution in [0.1, 0.15) is 26.0 Å². The Morgan fingerprint density at radius 1 is 1.42 bits per heavy atom. The predicted octanol–water partition coefficient (Wildman–Crippen LogP) is 2.71. The van der Waals surface area contributed by atoms with Crippen LogP contribution >= 0.6 is 11.3 Å². The molecule has 1 atom stereocenters. The van der Waals surface area contributed by atoms with Crippen molar-refractivity contribution in [3.8, 4) is 10.6 Å². The number of thiazole rings is 1. The molecule has 0 unspecified atom stereocenters. The van der Waals surface area contributed by atoms with Gasteiger partial charge in [-0.15, -0.1) is 0 Å². The van der Waals surface area contributed by atoms with Gasteiger partial charge in [0, 0.05) is 25.2 Å². The van der Waals surface area contributed by atoms with Gasteiger partial charge in [-0.2, -0.15) is 0 Å². The molecule has 3 rings (SSSR count). The number of anilines is 1. The minimum atomic E-state index is -0.317. The van der Waals surface area contributed by atoms with E-state index in [-0.39, 0.29) is 30.2 Å². The van der Waals surface area contributed by atoms with Gasteiger partial charge in [0.1, 0.15) is 0 Å². The van der Waals surface area contributed by atoms with Crippen molar-refractivity contribution < 1.29 is 9.59 Å². The zero-order valence-corrected chi connectivity index (χ0v) is 14.8. The number of carbonyl (C=O) groups excluding carboxylic acids is 2. The van der Waals surface area contributed by atoms with Crippen LogP contribution in [-0.2, 0) is 9.59 Å². The largest absolute Gasteiger partial charge is 0.339 e. The fourth-order valence-electron chi connectivity index (χ4n) is 2.80. The minimum Gasteiger partial charge on any atom is -0.339 e. The van der Waals surface area contributed by atoms with Crippen molar-refractivity contribution in [1.29, 1.82) is 0 Å². The van der Waals surface area contributed by atoms with Crippen molar-refractivity contribution in [2.75, 3.05) is 11.9 Å². The highest BCUT2D eigenvalue weighted by atomic mass is 32.1. The van der Waals surface area contributed by atoms with Gasteiger partial charge in [0.25, 0.3) is 0 Å². The summed E-state index contributed by atoms with van der Waals surface area (Å²) in [5.74, 6) is -0.426. The van der Waals surface area contributed by atoms with Gasteiger partial charge in [-0.25, -0.2) is 4.98 Å². The number of likely N-dealkylation sites (tertiary alicyclic amines) is 1. The fraction of sp³-hybridized carbons (Fsp3) is 0.412. The third-order valence-electron chi connectivity index (χ3n) is 4.08. The van der Waals surface area contributed by atoms with Crippen LogP contribution in [0.4, 0.5) is 5.13 Å². The molecule has 1 N–H and O–H groups in total. The lowest BCUT2D eigenvalue weighted by Gasteiger charge is -2.20. The van der Waals surface area contributed by atoms with E-state index in [1.807, 2.05) is 39.0 Å². The van der Waals surface area contributed by atoms with E-state index in [0.717, 1.165) is 16.3 Å². The second-order valence-corrected chi connectivity index (χ2v) is 7.18. The van der Waals surface area contributed by atoms with Crippen LogP contribution in [0.3, 0.4) is 0 Å². The lowest BCUT2D eigenvalue weighted by molar-refractivity contribution is -0.129. The third-order valence-corrected chi connectivity index (χ3v) is 5.17. The summed E-state index contributed by atoms with van der Waals surface area (Å²) in [6.07, 6.45) is 2.00. The van der Waals surface area contributed by atoms with Gasteiger partial charge in [0.05, 0.1) is 22.2 Å². The van der Waals surface area contributed by atoms with Crippen LogP contribution in [-0.4, -0.2) is 39.3 Å². The molecule has 2 aromatic rings. The summed E-state index contributed by atoms with van der Waals surface area (Å²) in [6.45, 7) is 6.29. The Morgan fingerprint density at radius 3 is 2.83 bits per heavy atom. The highest BCUT2D eigenvalue weighted by Gasteiger charge is 2.35. The Labute approximate surface area is 144 Å². The average molecular weight is 344 g/mol. The molecule has 24 heavy (non-hydrogen) atoms. The molecule has 0 radical (unpaired) electrons. The summed E-state index contributed by atoms with van der Waals surface area (Å²) in [7, 11) is 0. The van der Waals surface area contributed by atoms with E-state index in [4.69, 9.17) is 0 Å². The second kappa shape index (κ2) is 6.68. The van der Waals surface area contributed by atoms with Crippen LogP contribution in [0, 0.1) is 12.8 Å². The molecule has 2 aromatic heterocycles. The highest BCUT2D eigenvalue weighted by molar-refractivity contribution is 7.19. The number of amides is 2. The van der Waals surface area contributed by atoms with Gasteiger partial charge in [-0.1, -0.05) is 17.4 Å². The first-order chi connectivity index (χ1) is 11.5. The minimum absolute atomic E-state index is 0.0367. The SMILES string of the molecule is Cc1nc(NC(=O)[C@@H]2CC(=O)N(C(C)C)C2)sc1-c1ccccn1. The zero-order chi connectivity index (χ0) is 17.3. The Kier molecular flexibility index (Phi) is 4.62. The Morgan fingerprint density at radius 2 is 2.21 bits per heavy atom. The van der Waals surface area contributed by atoms with Gasteiger partial charge >= 0.3 is 0 Å². The topological polar surface area (TPSA) is 75.2 Å². The number of nitrogens with zero attached hydrogens (tertiary/aromatic N) is 3. The average Bonchev–Trinajstić information content (AvgIpc) is 3.11. The summed E-state index contributed by atoms with van der Waals surface area (Å²) in [4.78, 5) is 35.8. The number of aromatic nitrogens is 2. The molecule has 0 spiro atoms. The van der Waals surface area contributed by atoms with Crippen molar-refractivity contribution in [3.63, 3.8) is 0 Å². The summed E-state index contributed by atoms with van der Waals surface area (Å²) >= 11 is 1.40. The monoisotopic (exact) mass is 344 g/mol. The van der Waals surface area contributed by atoms with Crippen LogP contribution in [0.15, 0.2) is 24.4 Å². The second-order valence-electron chi connectivity index (χ2n) is 6.18. The van der Waals surface area contributed by atoms with Crippen molar-refractivity contribution >= 4 is 28.3 Å². The maximum atomic E-state index is 12.4. The number of nitrogens with one attached hydrogen (secondary N) is 1. The molecule has 126 valence electrons. The van der Waals surface area contributed by atoms with Gasteiger partial charge < -0.3 is 10.2 Å². The van der Waals surface area contributed by atoms with E-state index >= 15 is 0 Å². The molecular formula is C17H20N4O2S. The first kappa shape index (κ1) is 16.6. The van der Waals surface area contributed by atoms with Crippen LogP contribution in [0.2, 0.25) is 0 Å². The maximum Gasteiger partial charge on any atom is 0.231 e. The van der Waals surface area contributed by atoms with Gasteiger partial charge in [0.15, 0.2) is 5.13 Å². The molecule has 1 saturated heterocycles. The molecule has 0 aromatic carbocycles. The molecule has 6 nitrogen and oxygen atoms in total. The summed E-state index contributed by atoms with van der Waals surface area (Å²) < 4.78 is 0. The normalized spacial score (nSPS) is 17.6. The van der Waals surface area contributed by atoms with E-state index in [1.165, 1.54) is 11.3 Å². The molecular weight excluding hydrogens is 324 g/mol. The standard InChI is InChI=1S/C17H20N4O2S/c1-10(2)21-9-12(8-14(21)22)16(23)20-17-19-11(3)15(24-17)13-6-4-5-7-18-13/h4-7,10,12H,8-9H2,1-3H3,(H,19,20,23)/t12-/m1/s1. The molecule has 1 aliphatic heterocycles. The molecule has 0 saturated carbocycles. The smallest absolute Gasteiger partial charge is 0.231 e. The number of rotatable bonds is 4. The van der Waals surface area contributed by atoms with Crippen molar-refractivity contribution in [2.24, 2.45) is 5.92 Å². The lowest BCUT2D eigenvalue weighted by Crippen LogP contribution is -2.33. The summed E-state index contributed by atoms with van der Waals surface area (Å²) in [5.41, 5.74) is 1.68. The van der Waals surface area contributed by atoms with Gasteiger partial charge in [-0.3, -0.25) is 14.6 Å². The Hall–Kier alpha value is -2.28. The summed E-state index contributed by atoms with van der Waals surface area (Å²) in [5, 5.41) is 3.41. The van der Waals surface area contributed by atoms with Crippen molar-refractivity contribution in [3.05, 3.63) is 30.1 Å². The zero-order valence-electron chi connectivity index (χ0n) is 13.9. The molecule has 0 bridgehead atoms. The fourth-order valence-corrected chi connectivity index (χ4v) is 3.74. The van der Waals surface area contributed by atoms with Gasteiger partial charge in [0.2, 0.25) is 11.8 Å².